The van der Waals surface area contributed by atoms with E-state index in [0.29, 0.717) is 12.0 Å². The zero-order valence-electron chi connectivity index (χ0n) is 8.07. The molecule has 1 nitrogen and oxygen atoms in total. The Bertz CT molecular complexity index is 336. The van der Waals surface area contributed by atoms with Crippen LogP contribution in [0.4, 0.5) is 13.2 Å². The molecule has 5 heteroatoms. The van der Waals surface area contributed by atoms with Gasteiger partial charge in [0.1, 0.15) is 5.75 Å². The number of hydrogen-bond donors (Lipinski definition) is 0. The molecule has 0 aliphatic rings. The molecule has 1 aromatic carbocycles. The Labute approximate surface area is 90.8 Å². The van der Waals surface area contributed by atoms with Gasteiger partial charge in [-0.15, -0.1) is 24.8 Å². The van der Waals surface area contributed by atoms with Crippen LogP contribution in [0.5, 0.6) is 5.75 Å². The van der Waals surface area contributed by atoms with Gasteiger partial charge in [-0.25, -0.2) is 0 Å². The molecular weight excluding hydrogens is 229 g/mol. The fraction of sp³-hybridized carbons (Fsp3) is 0.400. The van der Waals surface area contributed by atoms with Crippen molar-refractivity contribution >= 4 is 11.6 Å². The van der Waals surface area contributed by atoms with Gasteiger partial charge in [0.25, 0.3) is 0 Å². The molecule has 0 N–H and O–H groups in total. The Kier molecular flexibility index (Phi) is 3.85. The van der Waals surface area contributed by atoms with Crippen molar-refractivity contribution < 1.29 is 17.9 Å². The average molecular weight is 239 g/mol. The van der Waals surface area contributed by atoms with Gasteiger partial charge in [-0.05, 0) is 18.1 Å². The van der Waals surface area contributed by atoms with Gasteiger partial charge in [0, 0.05) is 5.56 Å². The van der Waals surface area contributed by atoms with Gasteiger partial charge in [-0.3, -0.25) is 0 Å². The van der Waals surface area contributed by atoms with Crippen LogP contribution in [0.15, 0.2) is 18.2 Å². The van der Waals surface area contributed by atoms with Crippen molar-refractivity contribution in [1.82, 2.24) is 0 Å². The molecule has 0 radical (unpaired) electrons. The standard InChI is InChI=1S/C10H10ClF3O/c1-2-7-4-3-5-9(8(7)6-11)15-10(12,13)14/h3-5H,2,6H2,1H3. The molecule has 0 atom stereocenters. The molecule has 84 valence electrons. The van der Waals surface area contributed by atoms with Crippen LogP contribution in [0.3, 0.4) is 0 Å². The Morgan fingerprint density at radius 3 is 2.47 bits per heavy atom. The average Bonchev–Trinajstić information content (AvgIpc) is 2.15. The third kappa shape index (κ3) is 3.30. The van der Waals surface area contributed by atoms with E-state index in [9.17, 15) is 13.2 Å². The van der Waals surface area contributed by atoms with E-state index in [1.165, 1.54) is 12.1 Å². The zero-order chi connectivity index (χ0) is 11.5. The lowest BCUT2D eigenvalue weighted by atomic mass is 10.1. The fourth-order valence-electron chi connectivity index (χ4n) is 1.31. The van der Waals surface area contributed by atoms with E-state index in [1.807, 2.05) is 6.92 Å². The predicted octanol–water partition coefficient (Wildman–Crippen LogP) is 3.89. The molecule has 0 fully saturated rings. The van der Waals surface area contributed by atoms with Crippen LogP contribution in [-0.4, -0.2) is 6.36 Å². The van der Waals surface area contributed by atoms with E-state index >= 15 is 0 Å². The molecule has 0 heterocycles. The summed E-state index contributed by atoms with van der Waals surface area (Å²) in [5, 5.41) is 0. The minimum atomic E-state index is -4.67. The summed E-state index contributed by atoms with van der Waals surface area (Å²) in [4.78, 5) is 0. The van der Waals surface area contributed by atoms with Crippen LogP contribution in [0.1, 0.15) is 18.1 Å². The molecule has 1 aromatic rings. The van der Waals surface area contributed by atoms with Gasteiger partial charge in [-0.1, -0.05) is 19.1 Å². The Balaban J connectivity index is 3.06. The Morgan fingerprint density at radius 2 is 2.00 bits per heavy atom. The summed E-state index contributed by atoms with van der Waals surface area (Å²) < 4.78 is 40.0. The number of halogens is 4. The number of benzene rings is 1. The van der Waals surface area contributed by atoms with Gasteiger partial charge in [0.15, 0.2) is 0 Å². The molecule has 0 aliphatic carbocycles. The number of hydrogen-bond acceptors (Lipinski definition) is 1. The minimum absolute atomic E-state index is 0.00935. The fourth-order valence-corrected chi connectivity index (χ4v) is 1.62. The third-order valence-electron chi connectivity index (χ3n) is 1.97. The lowest BCUT2D eigenvalue weighted by Gasteiger charge is -2.14. The molecule has 0 bridgehead atoms. The van der Waals surface area contributed by atoms with Gasteiger partial charge < -0.3 is 4.74 Å². The monoisotopic (exact) mass is 238 g/mol. The number of rotatable bonds is 3. The van der Waals surface area contributed by atoms with Crippen LogP contribution in [-0.2, 0) is 12.3 Å². The first-order chi connectivity index (χ1) is 6.98. The van der Waals surface area contributed by atoms with E-state index in [0.717, 1.165) is 5.56 Å². The normalized spacial score (nSPS) is 11.5. The van der Waals surface area contributed by atoms with E-state index in [-0.39, 0.29) is 11.6 Å². The molecular formula is C10H10ClF3O. The molecule has 0 saturated carbocycles. The summed E-state index contributed by atoms with van der Waals surface area (Å²) in [7, 11) is 0. The Hall–Kier alpha value is -0.900. The quantitative estimate of drug-likeness (QED) is 0.726. The predicted molar refractivity (Wildman–Crippen MR) is 52.1 cm³/mol. The number of alkyl halides is 4. The largest absolute Gasteiger partial charge is 0.573 e. The van der Waals surface area contributed by atoms with E-state index < -0.39 is 6.36 Å². The van der Waals surface area contributed by atoms with Crippen molar-refractivity contribution in [2.75, 3.05) is 0 Å². The molecule has 0 unspecified atom stereocenters. The summed E-state index contributed by atoms with van der Waals surface area (Å²) >= 11 is 5.60. The first-order valence-electron chi connectivity index (χ1n) is 4.40. The van der Waals surface area contributed by atoms with Crippen molar-refractivity contribution in [3.05, 3.63) is 29.3 Å². The van der Waals surface area contributed by atoms with Crippen molar-refractivity contribution in [3.8, 4) is 5.75 Å². The zero-order valence-corrected chi connectivity index (χ0v) is 8.82. The summed E-state index contributed by atoms with van der Waals surface area (Å²) in [6, 6.07) is 4.53. The molecule has 1 rings (SSSR count). The van der Waals surface area contributed by atoms with Crippen LogP contribution >= 0.6 is 11.6 Å². The molecule has 15 heavy (non-hydrogen) atoms. The second kappa shape index (κ2) is 4.75. The summed E-state index contributed by atoms with van der Waals surface area (Å²) in [6.07, 6.45) is -4.05. The van der Waals surface area contributed by atoms with Gasteiger partial charge in [-0.2, -0.15) is 0 Å². The lowest BCUT2D eigenvalue weighted by molar-refractivity contribution is -0.274. The second-order valence-electron chi connectivity index (χ2n) is 2.93. The highest BCUT2D eigenvalue weighted by atomic mass is 35.5. The maximum Gasteiger partial charge on any atom is 0.573 e. The first-order valence-corrected chi connectivity index (χ1v) is 4.94. The highest BCUT2D eigenvalue weighted by Gasteiger charge is 2.32. The van der Waals surface area contributed by atoms with Crippen LogP contribution in [0, 0.1) is 0 Å². The Morgan fingerprint density at radius 1 is 1.33 bits per heavy atom. The smallest absolute Gasteiger partial charge is 0.405 e. The number of aryl methyl sites for hydroxylation is 1. The molecule has 0 saturated heterocycles. The molecule has 0 aromatic heterocycles. The van der Waals surface area contributed by atoms with Crippen molar-refractivity contribution in [1.29, 1.82) is 0 Å². The van der Waals surface area contributed by atoms with Gasteiger partial charge >= 0.3 is 6.36 Å². The van der Waals surface area contributed by atoms with Gasteiger partial charge in [0.2, 0.25) is 0 Å². The SMILES string of the molecule is CCc1cccc(OC(F)(F)F)c1CCl. The lowest BCUT2D eigenvalue weighted by Crippen LogP contribution is -2.18. The molecule has 0 spiro atoms. The number of ether oxygens (including phenoxy) is 1. The van der Waals surface area contributed by atoms with E-state index in [2.05, 4.69) is 4.74 Å². The third-order valence-corrected chi connectivity index (χ3v) is 2.24. The van der Waals surface area contributed by atoms with Gasteiger partial charge in [0.05, 0.1) is 5.88 Å². The topological polar surface area (TPSA) is 9.23 Å². The summed E-state index contributed by atoms with van der Waals surface area (Å²) in [5.74, 6) is -0.202. The first kappa shape index (κ1) is 12.2. The highest BCUT2D eigenvalue weighted by Crippen LogP contribution is 2.29. The van der Waals surface area contributed by atoms with Crippen molar-refractivity contribution in [2.45, 2.75) is 25.6 Å². The molecule has 0 aliphatic heterocycles. The van der Waals surface area contributed by atoms with E-state index in [1.54, 1.807) is 6.07 Å². The van der Waals surface area contributed by atoms with Crippen LogP contribution < -0.4 is 4.74 Å². The van der Waals surface area contributed by atoms with Crippen LogP contribution in [0.2, 0.25) is 0 Å². The maximum atomic E-state index is 12.0. The molecule has 0 amide bonds. The second-order valence-corrected chi connectivity index (χ2v) is 3.20. The van der Waals surface area contributed by atoms with Crippen LogP contribution in [0.25, 0.3) is 0 Å². The highest BCUT2D eigenvalue weighted by molar-refractivity contribution is 6.17. The van der Waals surface area contributed by atoms with E-state index in [4.69, 9.17) is 11.6 Å². The summed E-state index contributed by atoms with van der Waals surface area (Å²) in [6.45, 7) is 1.85. The summed E-state index contributed by atoms with van der Waals surface area (Å²) in [5.41, 5.74) is 1.17. The minimum Gasteiger partial charge on any atom is -0.405 e. The van der Waals surface area contributed by atoms with Crippen molar-refractivity contribution in [3.63, 3.8) is 0 Å². The maximum absolute atomic E-state index is 12.0. The van der Waals surface area contributed by atoms with Crippen molar-refractivity contribution in [2.24, 2.45) is 0 Å².